The summed E-state index contributed by atoms with van der Waals surface area (Å²) in [7, 11) is 1.59. The fourth-order valence-corrected chi connectivity index (χ4v) is 1.99. The zero-order valence-electron chi connectivity index (χ0n) is 9.22. The zero-order valence-corrected chi connectivity index (χ0v) is 9.22. The number of methoxy groups -OCH3 is 1. The summed E-state index contributed by atoms with van der Waals surface area (Å²) in [5.74, 6) is 0.774. The molecule has 0 aliphatic carbocycles. The van der Waals surface area contributed by atoms with Crippen LogP contribution in [0.15, 0.2) is 24.3 Å². The largest absolute Gasteiger partial charge is 0.495 e. The van der Waals surface area contributed by atoms with Crippen LogP contribution in [0.5, 0.6) is 5.75 Å². The molecule has 1 N–H and O–H groups in total. The number of aliphatic hydroxyl groups excluding tert-OH is 1. The second kappa shape index (κ2) is 4.53. The number of hydrogen-bond donors (Lipinski definition) is 1. The predicted octanol–water partition coefficient (Wildman–Crippen LogP) is 1.04. The predicted molar refractivity (Wildman–Crippen MR) is 60.5 cm³/mol. The molecule has 0 bridgehead atoms. The average molecular weight is 221 g/mol. The Morgan fingerprint density at radius 2 is 2.25 bits per heavy atom. The molecule has 1 heterocycles. The molecule has 1 atom stereocenters. The summed E-state index contributed by atoms with van der Waals surface area (Å²) < 4.78 is 5.22. The quantitative estimate of drug-likeness (QED) is 0.829. The third kappa shape index (κ3) is 1.88. The second-order valence-corrected chi connectivity index (χ2v) is 3.93. The molecule has 1 amide bonds. The number of carbonyl (C=O) groups excluding carboxylic acids is 1. The van der Waals surface area contributed by atoms with E-state index in [0.717, 1.165) is 5.69 Å². The van der Waals surface area contributed by atoms with Crippen molar-refractivity contribution in [3.05, 3.63) is 24.3 Å². The average Bonchev–Trinajstić information content (AvgIpc) is 2.70. The molecule has 0 aromatic heterocycles. The fourth-order valence-electron chi connectivity index (χ4n) is 1.99. The fraction of sp³-hybridized carbons (Fsp3) is 0.417. The molecule has 1 aromatic rings. The van der Waals surface area contributed by atoms with Gasteiger partial charge in [0.1, 0.15) is 5.75 Å². The highest BCUT2D eigenvalue weighted by molar-refractivity contribution is 5.97. The van der Waals surface area contributed by atoms with Crippen LogP contribution in [0.25, 0.3) is 0 Å². The van der Waals surface area contributed by atoms with Crippen LogP contribution in [0.2, 0.25) is 0 Å². The number of carbonyl (C=O) groups is 1. The molecule has 4 heteroatoms. The van der Waals surface area contributed by atoms with Crippen molar-refractivity contribution in [2.45, 2.75) is 6.42 Å². The maximum atomic E-state index is 11.8. The molecule has 1 unspecified atom stereocenters. The van der Waals surface area contributed by atoms with Gasteiger partial charge in [-0.2, -0.15) is 0 Å². The van der Waals surface area contributed by atoms with Crippen molar-refractivity contribution >= 4 is 11.6 Å². The molecule has 2 rings (SSSR count). The Labute approximate surface area is 94.4 Å². The van der Waals surface area contributed by atoms with Gasteiger partial charge in [-0.1, -0.05) is 12.1 Å². The lowest BCUT2D eigenvalue weighted by Crippen LogP contribution is -2.25. The van der Waals surface area contributed by atoms with Gasteiger partial charge in [0.05, 0.1) is 12.8 Å². The van der Waals surface area contributed by atoms with Crippen LogP contribution in [-0.2, 0) is 4.79 Å². The minimum absolute atomic E-state index is 0.0393. The SMILES string of the molecule is COc1ccccc1N1CC(CO)CC1=O. The lowest BCUT2D eigenvalue weighted by atomic mass is 10.1. The Kier molecular flexibility index (Phi) is 3.10. The summed E-state index contributed by atoms with van der Waals surface area (Å²) in [6.07, 6.45) is 0.411. The van der Waals surface area contributed by atoms with Gasteiger partial charge >= 0.3 is 0 Å². The van der Waals surface area contributed by atoms with Crippen molar-refractivity contribution in [3.8, 4) is 5.75 Å². The van der Waals surface area contributed by atoms with E-state index in [-0.39, 0.29) is 18.4 Å². The molecule has 1 fully saturated rings. The molecular weight excluding hydrogens is 206 g/mol. The topological polar surface area (TPSA) is 49.8 Å². The Balaban J connectivity index is 2.27. The minimum atomic E-state index is 0.0393. The van der Waals surface area contributed by atoms with Gasteiger partial charge in [0.2, 0.25) is 5.91 Å². The molecule has 4 nitrogen and oxygen atoms in total. The van der Waals surface area contributed by atoms with Crippen molar-refractivity contribution in [1.29, 1.82) is 0 Å². The highest BCUT2D eigenvalue weighted by Gasteiger charge is 2.31. The first-order valence-electron chi connectivity index (χ1n) is 5.30. The lowest BCUT2D eigenvalue weighted by molar-refractivity contribution is -0.117. The monoisotopic (exact) mass is 221 g/mol. The molecule has 0 spiro atoms. The first-order chi connectivity index (χ1) is 7.76. The van der Waals surface area contributed by atoms with Crippen molar-refractivity contribution in [2.75, 3.05) is 25.2 Å². The van der Waals surface area contributed by atoms with E-state index in [1.807, 2.05) is 24.3 Å². The summed E-state index contributed by atoms with van der Waals surface area (Å²) in [6.45, 7) is 0.618. The van der Waals surface area contributed by atoms with Crippen molar-refractivity contribution in [3.63, 3.8) is 0 Å². The van der Waals surface area contributed by atoms with E-state index < -0.39 is 0 Å². The Hall–Kier alpha value is -1.55. The second-order valence-electron chi connectivity index (χ2n) is 3.93. The third-order valence-corrected chi connectivity index (χ3v) is 2.84. The third-order valence-electron chi connectivity index (χ3n) is 2.84. The number of ether oxygens (including phenoxy) is 1. The maximum absolute atomic E-state index is 11.8. The van der Waals surface area contributed by atoms with Crippen LogP contribution >= 0.6 is 0 Å². The summed E-state index contributed by atoms with van der Waals surface area (Å²) >= 11 is 0. The number of anilines is 1. The molecule has 16 heavy (non-hydrogen) atoms. The standard InChI is InChI=1S/C12H15NO3/c1-16-11-5-3-2-4-10(11)13-7-9(8-14)6-12(13)15/h2-5,9,14H,6-8H2,1H3. The van der Waals surface area contributed by atoms with Crippen molar-refractivity contribution in [1.82, 2.24) is 0 Å². The van der Waals surface area contributed by atoms with Crippen LogP contribution < -0.4 is 9.64 Å². The number of para-hydroxylation sites is 2. The molecule has 1 aliphatic rings. The van der Waals surface area contributed by atoms with E-state index in [1.165, 1.54) is 0 Å². The van der Waals surface area contributed by atoms with Gasteiger partial charge in [-0.25, -0.2) is 0 Å². The normalized spacial score (nSPS) is 20.2. The Morgan fingerprint density at radius 3 is 2.88 bits per heavy atom. The number of hydrogen-bond acceptors (Lipinski definition) is 3. The smallest absolute Gasteiger partial charge is 0.227 e. The van der Waals surface area contributed by atoms with Crippen molar-refractivity contribution < 1.29 is 14.6 Å². The van der Waals surface area contributed by atoms with Gasteiger partial charge < -0.3 is 14.7 Å². The Bertz CT molecular complexity index is 392. The highest BCUT2D eigenvalue weighted by Crippen LogP contribution is 2.32. The van der Waals surface area contributed by atoms with Crippen LogP contribution in [-0.4, -0.2) is 31.3 Å². The van der Waals surface area contributed by atoms with Gasteiger partial charge in [0, 0.05) is 25.5 Å². The van der Waals surface area contributed by atoms with E-state index >= 15 is 0 Å². The summed E-state index contributed by atoms with van der Waals surface area (Å²) in [5, 5.41) is 9.06. The first-order valence-corrected chi connectivity index (χ1v) is 5.30. The maximum Gasteiger partial charge on any atom is 0.227 e. The number of benzene rings is 1. The van der Waals surface area contributed by atoms with E-state index in [4.69, 9.17) is 9.84 Å². The van der Waals surface area contributed by atoms with Gasteiger partial charge in [-0.05, 0) is 12.1 Å². The minimum Gasteiger partial charge on any atom is -0.495 e. The van der Waals surface area contributed by atoms with Gasteiger partial charge in [0.25, 0.3) is 0 Å². The number of aliphatic hydroxyl groups is 1. The first kappa shape index (κ1) is 11.0. The Morgan fingerprint density at radius 1 is 1.50 bits per heavy atom. The lowest BCUT2D eigenvalue weighted by Gasteiger charge is -2.19. The van der Waals surface area contributed by atoms with Gasteiger partial charge in [-0.15, -0.1) is 0 Å². The van der Waals surface area contributed by atoms with Crippen LogP contribution in [0, 0.1) is 5.92 Å². The molecule has 1 aromatic carbocycles. The van der Waals surface area contributed by atoms with E-state index in [1.54, 1.807) is 12.0 Å². The van der Waals surface area contributed by atoms with E-state index in [9.17, 15) is 4.79 Å². The molecule has 86 valence electrons. The van der Waals surface area contributed by atoms with Crippen LogP contribution in [0.3, 0.4) is 0 Å². The van der Waals surface area contributed by atoms with Gasteiger partial charge in [0.15, 0.2) is 0 Å². The summed E-state index contributed by atoms with van der Waals surface area (Å²) in [5.41, 5.74) is 0.783. The zero-order chi connectivity index (χ0) is 11.5. The molecule has 0 radical (unpaired) electrons. The molecule has 0 saturated carbocycles. The number of amides is 1. The van der Waals surface area contributed by atoms with Gasteiger partial charge in [-0.3, -0.25) is 4.79 Å². The van der Waals surface area contributed by atoms with Crippen molar-refractivity contribution in [2.24, 2.45) is 5.92 Å². The van der Waals surface area contributed by atoms with Crippen LogP contribution in [0.4, 0.5) is 5.69 Å². The number of nitrogens with zero attached hydrogens (tertiary/aromatic N) is 1. The number of rotatable bonds is 3. The van der Waals surface area contributed by atoms with E-state index in [2.05, 4.69) is 0 Å². The summed E-state index contributed by atoms with van der Waals surface area (Å²) in [6, 6.07) is 7.43. The molecule has 1 saturated heterocycles. The van der Waals surface area contributed by atoms with E-state index in [0.29, 0.717) is 18.7 Å². The molecular formula is C12H15NO3. The molecule has 1 aliphatic heterocycles. The summed E-state index contributed by atoms with van der Waals surface area (Å²) in [4.78, 5) is 13.5. The van der Waals surface area contributed by atoms with Crippen LogP contribution in [0.1, 0.15) is 6.42 Å². The highest BCUT2D eigenvalue weighted by atomic mass is 16.5.